The first-order chi connectivity index (χ1) is 16.1. The van der Waals surface area contributed by atoms with Crippen LogP contribution in [0, 0.1) is 6.92 Å². The fourth-order valence-corrected chi connectivity index (χ4v) is 3.90. The van der Waals surface area contributed by atoms with Crippen molar-refractivity contribution in [1.29, 1.82) is 0 Å². The number of phenols is 1. The molecule has 0 aliphatic carbocycles. The van der Waals surface area contributed by atoms with Gasteiger partial charge in [-0.05, 0) is 49.2 Å². The second-order valence-electron chi connectivity index (χ2n) is 7.92. The maximum absolute atomic E-state index is 12.7. The maximum Gasteiger partial charge on any atom is 0.336 e. The lowest BCUT2D eigenvalue weighted by atomic mass is 10.0. The van der Waals surface area contributed by atoms with Crippen LogP contribution in [0.1, 0.15) is 18.1 Å². The summed E-state index contributed by atoms with van der Waals surface area (Å²) < 4.78 is 10.8. The molecule has 0 saturated heterocycles. The van der Waals surface area contributed by atoms with Gasteiger partial charge in [0.05, 0.1) is 17.0 Å². The predicted octanol–water partition coefficient (Wildman–Crippen LogP) is 2.19. The molecule has 0 saturated carbocycles. The summed E-state index contributed by atoms with van der Waals surface area (Å²) in [5, 5.41) is 25.3. The van der Waals surface area contributed by atoms with Crippen molar-refractivity contribution >= 4 is 45.3 Å². The Balaban J connectivity index is 1.51. The van der Waals surface area contributed by atoms with Crippen LogP contribution in [0.2, 0.25) is 5.02 Å². The number of aromatic hydroxyl groups is 1. The minimum atomic E-state index is -1.48. The smallest absolute Gasteiger partial charge is 0.336 e. The van der Waals surface area contributed by atoms with Gasteiger partial charge >= 0.3 is 5.63 Å². The lowest BCUT2D eigenvalue weighted by Crippen LogP contribution is -2.52. The zero-order valence-electron chi connectivity index (χ0n) is 18.2. The Morgan fingerprint density at radius 1 is 1.24 bits per heavy atom. The fraction of sp³-hybridized carbons (Fsp3) is 0.208. The number of carbonyl (C=O) groups excluding carboxylic acids is 2. The number of nitrogens with one attached hydrogen (secondary N) is 2. The lowest BCUT2D eigenvalue weighted by molar-refractivity contribution is -0.308. The molecule has 0 bridgehead atoms. The third-order valence-electron chi connectivity index (χ3n) is 5.45. The summed E-state index contributed by atoms with van der Waals surface area (Å²) in [5.74, 6) is -2.06. The summed E-state index contributed by atoms with van der Waals surface area (Å²) in [4.78, 5) is 39.1. The quantitative estimate of drug-likeness (QED) is 0.341. The van der Waals surface area contributed by atoms with Crippen LogP contribution in [0.15, 0.2) is 51.8 Å². The van der Waals surface area contributed by atoms with E-state index in [0.29, 0.717) is 27.4 Å². The van der Waals surface area contributed by atoms with Crippen molar-refractivity contribution in [3.05, 3.63) is 69.2 Å². The topological polar surface area (TPSA) is 145 Å². The van der Waals surface area contributed by atoms with Crippen LogP contribution in [0.25, 0.3) is 21.9 Å². The molecule has 0 radical (unpaired) electrons. The molecule has 2 aromatic heterocycles. The Labute approximate surface area is 197 Å². The standard InChI is InChI=1S/C24H21ClN2O7/c1-11-5-22(29)34-20-9-21(17(25)8-15(11)20)33-12(2)23(30)27-19(24(31)32)6-13-10-26-18-4-3-14(28)7-16(13)18/h3-5,7-10,12,19,26,28H,6H2,1-2H3,(H,27,30)(H,31,32)/p-1/t12-,19+/m1/s1. The summed E-state index contributed by atoms with van der Waals surface area (Å²) in [6, 6.07) is 7.62. The number of phenolic OH excluding ortho intramolecular Hbond substituents is 1. The van der Waals surface area contributed by atoms with Crippen molar-refractivity contribution in [2.75, 3.05) is 0 Å². The second kappa shape index (κ2) is 9.11. The molecule has 2 atom stereocenters. The van der Waals surface area contributed by atoms with E-state index in [2.05, 4.69) is 10.3 Å². The Morgan fingerprint density at radius 3 is 2.74 bits per heavy atom. The highest BCUT2D eigenvalue weighted by Crippen LogP contribution is 2.31. The summed E-state index contributed by atoms with van der Waals surface area (Å²) in [6.45, 7) is 3.17. The van der Waals surface area contributed by atoms with Gasteiger partial charge in [-0.15, -0.1) is 0 Å². The SMILES string of the molecule is Cc1cc(=O)oc2cc(O[C@H](C)C(=O)N[C@@H](Cc3c[nH]c4ccc(O)cc34)C(=O)[O-])c(Cl)cc12. The molecule has 0 spiro atoms. The molecule has 9 nitrogen and oxygen atoms in total. The van der Waals surface area contributed by atoms with Crippen LogP contribution >= 0.6 is 11.6 Å². The minimum Gasteiger partial charge on any atom is -0.548 e. The van der Waals surface area contributed by atoms with Gasteiger partial charge in [0.25, 0.3) is 5.91 Å². The van der Waals surface area contributed by atoms with E-state index in [9.17, 15) is 24.6 Å². The highest BCUT2D eigenvalue weighted by molar-refractivity contribution is 6.32. The van der Waals surface area contributed by atoms with Gasteiger partial charge in [0.1, 0.15) is 17.1 Å². The predicted molar refractivity (Wildman–Crippen MR) is 123 cm³/mol. The number of carbonyl (C=O) groups is 2. The third-order valence-corrected chi connectivity index (χ3v) is 5.75. The number of aromatic amines is 1. The van der Waals surface area contributed by atoms with Gasteiger partial charge in [-0.1, -0.05) is 11.6 Å². The van der Waals surface area contributed by atoms with Gasteiger partial charge < -0.3 is 34.5 Å². The third kappa shape index (κ3) is 4.69. The van der Waals surface area contributed by atoms with Crippen molar-refractivity contribution in [2.24, 2.45) is 0 Å². The van der Waals surface area contributed by atoms with Gasteiger partial charge in [-0.3, -0.25) is 4.79 Å². The number of halogens is 1. The number of carboxylic acids is 1. The highest BCUT2D eigenvalue weighted by Gasteiger charge is 2.22. The number of amides is 1. The van der Waals surface area contributed by atoms with Crippen molar-refractivity contribution in [3.8, 4) is 11.5 Å². The molecule has 4 aromatic rings. The largest absolute Gasteiger partial charge is 0.548 e. The summed E-state index contributed by atoms with van der Waals surface area (Å²) in [6.07, 6.45) is 0.405. The molecule has 10 heteroatoms. The van der Waals surface area contributed by atoms with Gasteiger partial charge in [-0.25, -0.2) is 4.79 Å². The summed E-state index contributed by atoms with van der Waals surface area (Å²) >= 11 is 6.28. The molecule has 1 amide bonds. The van der Waals surface area contributed by atoms with Crippen LogP contribution in [0.3, 0.4) is 0 Å². The van der Waals surface area contributed by atoms with E-state index in [4.69, 9.17) is 20.8 Å². The van der Waals surface area contributed by atoms with Gasteiger partial charge in [0.15, 0.2) is 6.10 Å². The molecule has 0 aliphatic rings. The first-order valence-corrected chi connectivity index (χ1v) is 10.7. The molecule has 0 unspecified atom stereocenters. The van der Waals surface area contributed by atoms with Gasteiger partial charge in [0.2, 0.25) is 0 Å². The van der Waals surface area contributed by atoms with E-state index in [1.807, 2.05) is 0 Å². The lowest BCUT2D eigenvalue weighted by Gasteiger charge is -2.22. The van der Waals surface area contributed by atoms with Crippen LogP contribution < -0.4 is 20.8 Å². The molecule has 0 fully saturated rings. The molecule has 2 aromatic carbocycles. The number of hydrogen-bond acceptors (Lipinski definition) is 7. The molecule has 2 heterocycles. The van der Waals surface area contributed by atoms with E-state index >= 15 is 0 Å². The first kappa shape index (κ1) is 23.2. The molecule has 3 N–H and O–H groups in total. The number of H-pyrrole nitrogens is 1. The molecule has 34 heavy (non-hydrogen) atoms. The van der Waals surface area contributed by atoms with Crippen molar-refractivity contribution in [3.63, 3.8) is 0 Å². The van der Waals surface area contributed by atoms with Crippen molar-refractivity contribution in [2.45, 2.75) is 32.4 Å². The molecular weight excluding hydrogens is 464 g/mol. The number of aliphatic carboxylic acids is 1. The van der Waals surface area contributed by atoms with Gasteiger partial charge in [-0.2, -0.15) is 0 Å². The average Bonchev–Trinajstić information content (AvgIpc) is 3.16. The average molecular weight is 484 g/mol. The highest BCUT2D eigenvalue weighted by atomic mass is 35.5. The zero-order valence-corrected chi connectivity index (χ0v) is 18.9. The number of benzene rings is 2. The van der Waals surface area contributed by atoms with Crippen LogP contribution in [-0.2, 0) is 16.0 Å². The number of aromatic nitrogens is 1. The van der Waals surface area contributed by atoms with E-state index in [1.165, 1.54) is 31.2 Å². The molecule has 4 rings (SSSR count). The number of rotatable bonds is 7. The Bertz CT molecular complexity index is 1470. The maximum atomic E-state index is 12.7. The van der Waals surface area contributed by atoms with E-state index < -0.39 is 29.6 Å². The summed E-state index contributed by atoms with van der Waals surface area (Å²) in [5.41, 5.74) is 1.67. The monoisotopic (exact) mass is 483 g/mol. The summed E-state index contributed by atoms with van der Waals surface area (Å²) in [7, 11) is 0. The normalized spacial score (nSPS) is 13.0. The second-order valence-corrected chi connectivity index (χ2v) is 8.32. The van der Waals surface area contributed by atoms with Crippen LogP contribution in [0.5, 0.6) is 11.5 Å². The van der Waals surface area contributed by atoms with Crippen LogP contribution in [-0.4, -0.2) is 34.1 Å². The number of fused-ring (bicyclic) bond motifs is 2. The Morgan fingerprint density at radius 2 is 2.00 bits per heavy atom. The Kier molecular flexibility index (Phi) is 6.21. The Hall–Kier alpha value is -3.98. The number of aryl methyl sites for hydroxylation is 1. The minimum absolute atomic E-state index is 0.0303. The van der Waals surface area contributed by atoms with Gasteiger partial charge in [0, 0.05) is 41.0 Å². The van der Waals surface area contributed by atoms with E-state index in [-0.39, 0.29) is 28.5 Å². The number of hydrogen-bond donors (Lipinski definition) is 3. The fourth-order valence-electron chi connectivity index (χ4n) is 3.69. The molecule has 0 aliphatic heterocycles. The van der Waals surface area contributed by atoms with E-state index in [1.54, 1.807) is 25.3 Å². The zero-order chi connectivity index (χ0) is 24.6. The first-order valence-electron chi connectivity index (χ1n) is 10.3. The van der Waals surface area contributed by atoms with E-state index in [0.717, 1.165) is 0 Å². The molecule has 176 valence electrons. The number of carboxylic acid groups (broad SMARTS) is 1. The van der Waals surface area contributed by atoms with Crippen molar-refractivity contribution < 1.29 is 29.0 Å². The number of ether oxygens (including phenoxy) is 1. The molecular formula is C24H20ClN2O7-. The van der Waals surface area contributed by atoms with Crippen molar-refractivity contribution in [1.82, 2.24) is 10.3 Å². The van der Waals surface area contributed by atoms with Crippen LogP contribution in [0.4, 0.5) is 0 Å².